The van der Waals surface area contributed by atoms with Gasteiger partial charge in [-0.05, 0) is 0 Å². The van der Waals surface area contributed by atoms with Crippen LogP contribution in [0.2, 0.25) is 0 Å². The second-order valence-corrected chi connectivity index (χ2v) is 5.04. The topological polar surface area (TPSA) is 84.9 Å². The molecule has 0 saturated heterocycles. The summed E-state index contributed by atoms with van der Waals surface area (Å²) in [5, 5.41) is 8.76. The summed E-state index contributed by atoms with van der Waals surface area (Å²) < 4.78 is 2.09. The first-order valence-corrected chi connectivity index (χ1v) is 6.17. The predicted octanol–water partition coefficient (Wildman–Crippen LogP) is 0.0360. The fourth-order valence-electron chi connectivity index (χ4n) is 1.92. The first-order chi connectivity index (χ1) is 8.35. The summed E-state index contributed by atoms with van der Waals surface area (Å²) in [6, 6.07) is 0. The Morgan fingerprint density at radius 1 is 1.47 bits per heavy atom. The predicted molar refractivity (Wildman–Crippen MR) is 64.1 cm³/mol. The Kier molecular flexibility index (Phi) is 2.75. The van der Waals surface area contributed by atoms with Gasteiger partial charge in [0.25, 0.3) is 0 Å². The van der Waals surface area contributed by atoms with Crippen molar-refractivity contribution in [1.29, 1.82) is 0 Å². The quantitative estimate of drug-likeness (QED) is 0.591. The van der Waals surface area contributed by atoms with E-state index < -0.39 is 0 Å². The van der Waals surface area contributed by atoms with Crippen molar-refractivity contribution in [2.45, 2.75) is 19.6 Å². The van der Waals surface area contributed by atoms with Crippen LogP contribution in [0.3, 0.4) is 0 Å². The van der Waals surface area contributed by atoms with E-state index in [1.165, 1.54) is 4.88 Å². The third-order valence-electron chi connectivity index (χ3n) is 2.77. The van der Waals surface area contributed by atoms with Gasteiger partial charge in [0, 0.05) is 30.7 Å². The lowest BCUT2D eigenvalue weighted by Gasteiger charge is -2.26. The fraction of sp³-hybridized carbons (Fsp3) is 0.444. The van der Waals surface area contributed by atoms with Crippen LogP contribution >= 0.6 is 11.3 Å². The molecule has 1 aliphatic rings. The maximum absolute atomic E-state index is 5.31. The molecule has 8 heteroatoms. The molecule has 2 aromatic heterocycles. The molecule has 3 rings (SSSR count). The zero-order chi connectivity index (χ0) is 11.7. The fourth-order valence-corrected chi connectivity index (χ4v) is 2.68. The number of thiazole rings is 1. The molecule has 7 nitrogen and oxygen atoms in total. The van der Waals surface area contributed by atoms with Crippen molar-refractivity contribution in [2.24, 2.45) is 5.84 Å². The smallest absolute Gasteiger partial charge is 0.197 e. The average molecular weight is 251 g/mol. The molecule has 0 aromatic carbocycles. The Bertz CT molecular complexity index is 505. The number of hydrogen-bond acceptors (Lipinski definition) is 7. The number of hydrazine groups is 1. The van der Waals surface area contributed by atoms with E-state index >= 15 is 0 Å². The summed E-state index contributed by atoms with van der Waals surface area (Å²) in [7, 11) is 0. The Balaban J connectivity index is 1.67. The molecule has 1 aliphatic heterocycles. The van der Waals surface area contributed by atoms with E-state index in [2.05, 4.69) is 30.1 Å². The number of nitrogens with zero attached hydrogens (tertiary/aromatic N) is 5. The number of nitrogens with two attached hydrogens (primary N) is 1. The van der Waals surface area contributed by atoms with Crippen LogP contribution in [0.15, 0.2) is 12.5 Å². The van der Waals surface area contributed by atoms with E-state index in [1.54, 1.807) is 17.7 Å². The monoisotopic (exact) mass is 251 g/mol. The summed E-state index contributed by atoms with van der Waals surface area (Å²) in [4.78, 5) is 7.69. The molecule has 0 amide bonds. The summed E-state index contributed by atoms with van der Waals surface area (Å²) in [5.74, 6) is 6.33. The Labute approximate surface area is 102 Å². The molecule has 0 unspecified atom stereocenters. The van der Waals surface area contributed by atoms with Gasteiger partial charge >= 0.3 is 0 Å². The van der Waals surface area contributed by atoms with E-state index in [4.69, 9.17) is 5.84 Å². The van der Waals surface area contributed by atoms with Crippen LogP contribution in [0, 0.1) is 0 Å². The van der Waals surface area contributed by atoms with Crippen molar-refractivity contribution in [1.82, 2.24) is 24.6 Å². The number of anilines is 1. The molecule has 0 saturated carbocycles. The largest absolute Gasteiger partial charge is 0.315 e. The van der Waals surface area contributed by atoms with E-state index in [9.17, 15) is 0 Å². The molecule has 0 fully saturated rings. The maximum Gasteiger partial charge on any atom is 0.197 e. The van der Waals surface area contributed by atoms with Gasteiger partial charge in [-0.2, -0.15) is 0 Å². The SMILES string of the molecule is NNc1ncc(CN2CCn3cnnc3C2)s1. The average Bonchev–Trinajstić information content (AvgIpc) is 2.96. The van der Waals surface area contributed by atoms with Crippen molar-refractivity contribution >= 4 is 16.5 Å². The maximum atomic E-state index is 5.31. The minimum absolute atomic E-state index is 0.750. The van der Waals surface area contributed by atoms with Gasteiger partial charge in [0.1, 0.15) is 12.2 Å². The highest BCUT2D eigenvalue weighted by atomic mass is 32.1. The molecule has 0 bridgehead atoms. The van der Waals surface area contributed by atoms with Crippen molar-refractivity contribution in [3.05, 3.63) is 23.2 Å². The molecule has 0 atom stereocenters. The third-order valence-corrected chi connectivity index (χ3v) is 3.69. The van der Waals surface area contributed by atoms with Gasteiger partial charge in [0.05, 0.1) is 6.54 Å². The van der Waals surface area contributed by atoms with Crippen LogP contribution in [-0.4, -0.2) is 31.2 Å². The number of fused-ring (bicyclic) bond motifs is 1. The molecule has 0 radical (unpaired) electrons. The standard InChI is InChI=1S/C9H13N7S/c10-13-9-11-3-7(17-9)4-15-1-2-16-6-12-14-8(16)5-15/h3,6H,1-2,4-5,10H2,(H,11,13). The van der Waals surface area contributed by atoms with Gasteiger partial charge in [-0.3, -0.25) is 10.3 Å². The van der Waals surface area contributed by atoms with Gasteiger partial charge < -0.3 is 4.57 Å². The van der Waals surface area contributed by atoms with Crippen LogP contribution in [-0.2, 0) is 19.6 Å². The highest BCUT2D eigenvalue weighted by Crippen LogP contribution is 2.20. The normalized spacial score (nSPS) is 15.8. The summed E-state index contributed by atoms with van der Waals surface area (Å²) in [5.41, 5.74) is 2.56. The van der Waals surface area contributed by atoms with Gasteiger partial charge in [0.2, 0.25) is 0 Å². The zero-order valence-electron chi connectivity index (χ0n) is 9.20. The first-order valence-electron chi connectivity index (χ1n) is 5.35. The van der Waals surface area contributed by atoms with Gasteiger partial charge in [-0.1, -0.05) is 11.3 Å². The van der Waals surface area contributed by atoms with Crippen LogP contribution in [0.4, 0.5) is 5.13 Å². The van der Waals surface area contributed by atoms with Gasteiger partial charge in [0.15, 0.2) is 5.13 Å². The van der Waals surface area contributed by atoms with E-state index in [0.29, 0.717) is 0 Å². The van der Waals surface area contributed by atoms with E-state index in [1.807, 2.05) is 6.20 Å². The number of nitrogens with one attached hydrogen (secondary N) is 1. The third kappa shape index (κ3) is 2.14. The number of rotatable bonds is 3. The van der Waals surface area contributed by atoms with Crippen molar-refractivity contribution in [3.63, 3.8) is 0 Å². The summed E-state index contributed by atoms with van der Waals surface area (Å²) in [6.45, 7) is 3.67. The number of hydrogen-bond donors (Lipinski definition) is 2. The molecule has 17 heavy (non-hydrogen) atoms. The molecule has 2 aromatic rings. The minimum Gasteiger partial charge on any atom is -0.315 e. The second kappa shape index (κ2) is 4.40. The first kappa shape index (κ1) is 10.6. The molecular weight excluding hydrogens is 238 g/mol. The molecule has 90 valence electrons. The minimum atomic E-state index is 0.750. The lowest BCUT2D eigenvalue weighted by Crippen LogP contribution is -2.32. The molecular formula is C9H13N7S. The van der Waals surface area contributed by atoms with E-state index in [-0.39, 0.29) is 0 Å². The number of aromatic nitrogens is 4. The Morgan fingerprint density at radius 2 is 2.41 bits per heavy atom. The van der Waals surface area contributed by atoms with E-state index in [0.717, 1.165) is 37.1 Å². The summed E-state index contributed by atoms with van der Waals surface area (Å²) in [6.07, 6.45) is 3.65. The molecule has 0 aliphatic carbocycles. The summed E-state index contributed by atoms with van der Waals surface area (Å²) >= 11 is 1.58. The van der Waals surface area contributed by atoms with Gasteiger partial charge in [-0.25, -0.2) is 10.8 Å². The van der Waals surface area contributed by atoms with Crippen molar-refractivity contribution in [2.75, 3.05) is 12.0 Å². The zero-order valence-corrected chi connectivity index (χ0v) is 10.0. The lowest BCUT2D eigenvalue weighted by molar-refractivity contribution is 0.210. The number of nitrogen functional groups attached to an aromatic ring is 1. The molecule has 0 spiro atoms. The van der Waals surface area contributed by atoms with Crippen LogP contribution < -0.4 is 11.3 Å². The van der Waals surface area contributed by atoms with Crippen LogP contribution in [0.25, 0.3) is 0 Å². The van der Waals surface area contributed by atoms with Crippen molar-refractivity contribution in [3.8, 4) is 0 Å². The lowest BCUT2D eigenvalue weighted by atomic mass is 10.3. The van der Waals surface area contributed by atoms with Crippen molar-refractivity contribution < 1.29 is 0 Å². The highest BCUT2D eigenvalue weighted by molar-refractivity contribution is 7.15. The molecule has 3 N–H and O–H groups in total. The molecule has 3 heterocycles. The van der Waals surface area contributed by atoms with Crippen LogP contribution in [0.5, 0.6) is 0 Å². The second-order valence-electron chi connectivity index (χ2n) is 3.93. The Morgan fingerprint density at radius 3 is 3.24 bits per heavy atom. The Hall–Kier alpha value is -1.51. The highest BCUT2D eigenvalue weighted by Gasteiger charge is 2.18. The van der Waals surface area contributed by atoms with Crippen LogP contribution in [0.1, 0.15) is 10.7 Å². The van der Waals surface area contributed by atoms with Gasteiger partial charge in [-0.15, -0.1) is 10.2 Å².